The van der Waals surface area contributed by atoms with Crippen LogP contribution in [-0.4, -0.2) is 46.1 Å². The Labute approximate surface area is 214 Å². The molecule has 0 bridgehead atoms. The molecule has 0 spiro atoms. The standard InChI is InChI=1S/C28H28N6O3/c1-16(2)37-27-24-20(17-7-9-18(10-8-17)21-6-5-13-30-21)15-31-25(24)33-28(34-27)32-22-12-11-19(26(35)29-3)14-23(22)36-4/h5-16,30H,1-4H3,(H,29,35)(H2,31,32,33,34). The minimum Gasteiger partial charge on any atom is -0.495 e. The van der Waals surface area contributed by atoms with Crippen molar-refractivity contribution in [1.82, 2.24) is 25.3 Å². The number of ether oxygens (including phenoxy) is 2. The summed E-state index contributed by atoms with van der Waals surface area (Å²) in [6, 6.07) is 17.4. The fourth-order valence-corrected chi connectivity index (χ4v) is 4.13. The van der Waals surface area contributed by atoms with Crippen LogP contribution in [0.3, 0.4) is 0 Å². The lowest BCUT2D eigenvalue weighted by atomic mass is 10.0. The summed E-state index contributed by atoms with van der Waals surface area (Å²) in [4.78, 5) is 27.9. The Morgan fingerprint density at radius 1 is 1.00 bits per heavy atom. The van der Waals surface area contributed by atoms with E-state index < -0.39 is 0 Å². The van der Waals surface area contributed by atoms with Gasteiger partial charge >= 0.3 is 0 Å². The molecule has 0 aliphatic rings. The van der Waals surface area contributed by atoms with Crippen molar-refractivity contribution < 1.29 is 14.3 Å². The van der Waals surface area contributed by atoms with Gasteiger partial charge in [-0.1, -0.05) is 24.3 Å². The molecule has 9 heteroatoms. The van der Waals surface area contributed by atoms with E-state index in [4.69, 9.17) is 19.4 Å². The number of anilines is 2. The zero-order valence-electron chi connectivity index (χ0n) is 21.0. The second kappa shape index (κ2) is 10.1. The van der Waals surface area contributed by atoms with Gasteiger partial charge in [-0.3, -0.25) is 4.79 Å². The van der Waals surface area contributed by atoms with Crippen molar-refractivity contribution in [3.05, 3.63) is 72.6 Å². The van der Waals surface area contributed by atoms with Gasteiger partial charge in [-0.2, -0.15) is 9.97 Å². The van der Waals surface area contributed by atoms with Gasteiger partial charge in [-0.25, -0.2) is 0 Å². The van der Waals surface area contributed by atoms with Gasteiger partial charge in [0.05, 0.1) is 24.3 Å². The van der Waals surface area contributed by atoms with Crippen LogP contribution in [-0.2, 0) is 0 Å². The molecule has 5 aromatic rings. The van der Waals surface area contributed by atoms with Crippen LogP contribution in [0.5, 0.6) is 11.6 Å². The maximum Gasteiger partial charge on any atom is 0.251 e. The number of hydrogen-bond donors (Lipinski definition) is 4. The first-order valence-corrected chi connectivity index (χ1v) is 11.9. The summed E-state index contributed by atoms with van der Waals surface area (Å²) in [5.74, 6) is 1.10. The summed E-state index contributed by atoms with van der Waals surface area (Å²) in [6.45, 7) is 3.91. The summed E-state index contributed by atoms with van der Waals surface area (Å²) >= 11 is 0. The van der Waals surface area contributed by atoms with E-state index in [0.717, 1.165) is 27.8 Å². The molecular weight excluding hydrogens is 468 g/mol. The molecule has 0 fully saturated rings. The number of amides is 1. The van der Waals surface area contributed by atoms with Crippen LogP contribution in [0.2, 0.25) is 0 Å². The molecule has 0 saturated heterocycles. The second-order valence-electron chi connectivity index (χ2n) is 8.73. The van der Waals surface area contributed by atoms with Crippen molar-refractivity contribution in [1.29, 1.82) is 0 Å². The maximum atomic E-state index is 12.0. The van der Waals surface area contributed by atoms with E-state index >= 15 is 0 Å². The molecule has 5 rings (SSSR count). The summed E-state index contributed by atoms with van der Waals surface area (Å²) < 4.78 is 11.6. The van der Waals surface area contributed by atoms with Crippen molar-refractivity contribution in [3.63, 3.8) is 0 Å². The number of methoxy groups -OCH3 is 1. The van der Waals surface area contributed by atoms with Crippen molar-refractivity contribution in [2.24, 2.45) is 0 Å². The van der Waals surface area contributed by atoms with Gasteiger partial charge in [-0.15, -0.1) is 0 Å². The number of aromatic nitrogens is 4. The average molecular weight is 497 g/mol. The normalized spacial score (nSPS) is 11.1. The first-order valence-electron chi connectivity index (χ1n) is 11.9. The molecular formula is C28H28N6O3. The van der Waals surface area contributed by atoms with Crippen LogP contribution < -0.4 is 20.1 Å². The van der Waals surface area contributed by atoms with Gasteiger partial charge in [0.2, 0.25) is 11.8 Å². The molecule has 0 aliphatic heterocycles. The van der Waals surface area contributed by atoms with Crippen molar-refractivity contribution >= 4 is 28.6 Å². The minimum atomic E-state index is -0.199. The minimum absolute atomic E-state index is 0.0923. The molecule has 37 heavy (non-hydrogen) atoms. The second-order valence-corrected chi connectivity index (χ2v) is 8.73. The van der Waals surface area contributed by atoms with Gasteiger partial charge < -0.3 is 30.1 Å². The first kappa shape index (κ1) is 23.9. The Kier molecular flexibility index (Phi) is 6.51. The molecule has 1 amide bonds. The summed E-state index contributed by atoms with van der Waals surface area (Å²) in [5.41, 5.74) is 5.88. The lowest BCUT2D eigenvalue weighted by Crippen LogP contribution is -2.17. The number of H-pyrrole nitrogens is 2. The van der Waals surface area contributed by atoms with Crippen molar-refractivity contribution in [2.45, 2.75) is 20.0 Å². The summed E-state index contributed by atoms with van der Waals surface area (Å²) in [7, 11) is 3.13. The SMILES string of the molecule is CNC(=O)c1ccc(Nc2nc(OC(C)C)c3c(-c4ccc(-c5ccc[nH]5)cc4)c[nH]c3n2)c(OC)c1. The van der Waals surface area contributed by atoms with Crippen LogP contribution in [0.25, 0.3) is 33.4 Å². The lowest BCUT2D eigenvalue weighted by molar-refractivity contribution is 0.0962. The lowest BCUT2D eigenvalue weighted by Gasteiger charge is -2.15. The molecule has 3 heterocycles. The van der Waals surface area contributed by atoms with E-state index in [0.29, 0.717) is 34.5 Å². The number of nitrogens with zero attached hydrogens (tertiary/aromatic N) is 2. The number of carbonyl (C=O) groups excluding carboxylic acids is 1. The van der Waals surface area contributed by atoms with Crippen LogP contribution >= 0.6 is 0 Å². The molecule has 0 radical (unpaired) electrons. The zero-order chi connectivity index (χ0) is 25.9. The number of hydrogen-bond acceptors (Lipinski definition) is 6. The van der Waals surface area contributed by atoms with E-state index in [1.807, 2.05) is 38.4 Å². The number of fused-ring (bicyclic) bond motifs is 1. The topological polar surface area (TPSA) is 117 Å². The molecule has 0 atom stereocenters. The zero-order valence-corrected chi connectivity index (χ0v) is 21.0. The number of aromatic amines is 2. The van der Waals surface area contributed by atoms with Crippen LogP contribution in [0.15, 0.2) is 67.0 Å². The number of rotatable bonds is 8. The Morgan fingerprint density at radius 2 is 1.78 bits per heavy atom. The Morgan fingerprint density at radius 3 is 2.46 bits per heavy atom. The molecule has 4 N–H and O–H groups in total. The number of nitrogens with one attached hydrogen (secondary N) is 4. The predicted octanol–water partition coefficient (Wildman–Crippen LogP) is 5.52. The van der Waals surface area contributed by atoms with E-state index in [9.17, 15) is 4.79 Å². The Bertz CT molecular complexity index is 1540. The highest BCUT2D eigenvalue weighted by atomic mass is 16.5. The smallest absolute Gasteiger partial charge is 0.251 e. The highest BCUT2D eigenvalue weighted by Gasteiger charge is 2.19. The number of benzene rings is 2. The fraction of sp³-hybridized carbons (Fsp3) is 0.179. The molecule has 2 aromatic carbocycles. The molecule has 0 saturated carbocycles. The van der Waals surface area contributed by atoms with Gasteiger partial charge in [0, 0.05) is 36.3 Å². The van der Waals surface area contributed by atoms with Crippen LogP contribution in [0.4, 0.5) is 11.6 Å². The molecule has 0 aliphatic carbocycles. The molecule has 0 unspecified atom stereocenters. The third-order valence-corrected chi connectivity index (χ3v) is 5.89. The first-order chi connectivity index (χ1) is 18.0. The van der Waals surface area contributed by atoms with Crippen molar-refractivity contribution in [3.8, 4) is 34.0 Å². The van der Waals surface area contributed by atoms with Crippen LogP contribution in [0.1, 0.15) is 24.2 Å². The largest absolute Gasteiger partial charge is 0.495 e. The third-order valence-electron chi connectivity index (χ3n) is 5.89. The molecule has 188 valence electrons. The van der Waals surface area contributed by atoms with Gasteiger partial charge in [0.15, 0.2) is 0 Å². The predicted molar refractivity (Wildman–Crippen MR) is 145 cm³/mol. The highest BCUT2D eigenvalue weighted by Crippen LogP contribution is 2.37. The van der Waals surface area contributed by atoms with Crippen LogP contribution in [0, 0.1) is 0 Å². The summed E-state index contributed by atoms with van der Waals surface area (Å²) in [5, 5.41) is 6.61. The van der Waals surface area contributed by atoms with E-state index in [2.05, 4.69) is 44.9 Å². The maximum absolute atomic E-state index is 12.0. The van der Waals surface area contributed by atoms with Gasteiger partial charge in [-0.05, 0) is 55.3 Å². The monoisotopic (exact) mass is 496 g/mol. The highest BCUT2D eigenvalue weighted by molar-refractivity contribution is 5.98. The van der Waals surface area contributed by atoms with E-state index in [-0.39, 0.29) is 12.0 Å². The van der Waals surface area contributed by atoms with Gasteiger partial charge in [0.1, 0.15) is 11.4 Å². The molecule has 3 aromatic heterocycles. The Balaban J connectivity index is 1.52. The summed E-state index contributed by atoms with van der Waals surface area (Å²) in [6.07, 6.45) is 3.73. The molecule has 9 nitrogen and oxygen atoms in total. The van der Waals surface area contributed by atoms with E-state index in [1.165, 1.54) is 0 Å². The third kappa shape index (κ3) is 4.84. The average Bonchev–Trinajstić information content (AvgIpc) is 3.59. The number of carbonyl (C=O) groups is 1. The van der Waals surface area contributed by atoms with Crippen molar-refractivity contribution in [2.75, 3.05) is 19.5 Å². The Hall–Kier alpha value is -4.79. The van der Waals surface area contributed by atoms with E-state index in [1.54, 1.807) is 32.4 Å². The quantitative estimate of drug-likeness (QED) is 0.225. The van der Waals surface area contributed by atoms with Gasteiger partial charge in [0.25, 0.3) is 5.91 Å². The fourth-order valence-electron chi connectivity index (χ4n) is 4.13.